The molecule has 0 saturated carbocycles. The maximum atomic E-state index is 2.28. The molecule has 0 N–H and O–H groups in total. The third kappa shape index (κ3) is 2.64. The van der Waals surface area contributed by atoms with Crippen molar-refractivity contribution in [2.45, 2.75) is 6.92 Å². The molecule has 0 aliphatic rings. The highest BCUT2D eigenvalue weighted by Crippen LogP contribution is 2.31. The van der Waals surface area contributed by atoms with Crippen LogP contribution in [0.15, 0.2) is 91.0 Å². The van der Waals surface area contributed by atoms with Gasteiger partial charge in [-0.05, 0) is 46.0 Å². The Balaban J connectivity index is 1.86. The molecule has 0 aliphatic carbocycles. The van der Waals surface area contributed by atoms with E-state index in [0.717, 1.165) is 0 Å². The first-order valence-corrected chi connectivity index (χ1v) is 7.96. The fourth-order valence-electron chi connectivity index (χ4n) is 3.09. The first kappa shape index (κ1) is 13.8. The van der Waals surface area contributed by atoms with Crippen LogP contribution in [-0.4, -0.2) is 0 Å². The smallest absolute Gasteiger partial charge is 0.0105 e. The molecule has 110 valence electrons. The van der Waals surface area contributed by atoms with Crippen LogP contribution in [0.5, 0.6) is 0 Å². The predicted octanol–water partition coefficient (Wildman–Crippen LogP) is 6.48. The predicted molar refractivity (Wildman–Crippen MR) is 99.6 cm³/mol. The van der Waals surface area contributed by atoms with Crippen LogP contribution >= 0.6 is 0 Å². The van der Waals surface area contributed by atoms with Crippen LogP contribution < -0.4 is 0 Å². The van der Waals surface area contributed by atoms with Gasteiger partial charge in [-0.25, -0.2) is 0 Å². The average Bonchev–Trinajstić information content (AvgIpc) is 2.62. The lowest BCUT2D eigenvalue weighted by Gasteiger charge is -2.09. The quantitative estimate of drug-likeness (QED) is 0.397. The van der Waals surface area contributed by atoms with Gasteiger partial charge in [-0.1, -0.05) is 90.5 Å². The minimum absolute atomic E-state index is 1.26. The van der Waals surface area contributed by atoms with Gasteiger partial charge in [0.05, 0.1) is 0 Å². The summed E-state index contributed by atoms with van der Waals surface area (Å²) < 4.78 is 0. The summed E-state index contributed by atoms with van der Waals surface area (Å²) in [6, 6.07) is 32.6. The van der Waals surface area contributed by atoms with Gasteiger partial charge in [0.2, 0.25) is 0 Å². The number of fused-ring (bicyclic) bond motifs is 1. The lowest BCUT2D eigenvalue weighted by Crippen LogP contribution is -1.83. The van der Waals surface area contributed by atoms with E-state index < -0.39 is 0 Å². The normalized spacial score (nSPS) is 10.8. The molecule has 4 aromatic carbocycles. The summed E-state index contributed by atoms with van der Waals surface area (Å²) in [4.78, 5) is 0. The zero-order valence-corrected chi connectivity index (χ0v) is 13.2. The molecule has 0 fully saturated rings. The van der Waals surface area contributed by atoms with Gasteiger partial charge in [-0.15, -0.1) is 0 Å². The van der Waals surface area contributed by atoms with Crippen LogP contribution in [0.25, 0.3) is 33.0 Å². The Kier molecular flexibility index (Phi) is 3.44. The Morgan fingerprint density at radius 3 is 2.09 bits per heavy atom. The van der Waals surface area contributed by atoms with Gasteiger partial charge in [-0.3, -0.25) is 0 Å². The van der Waals surface area contributed by atoms with Crippen LogP contribution in [0.2, 0.25) is 0 Å². The zero-order chi connectivity index (χ0) is 15.6. The van der Waals surface area contributed by atoms with Crippen LogP contribution in [0.3, 0.4) is 0 Å². The Bertz CT molecular complexity index is 957. The summed E-state index contributed by atoms with van der Waals surface area (Å²) in [5.41, 5.74) is 6.36. The largest absolute Gasteiger partial charge is 0.0616 e. The van der Waals surface area contributed by atoms with E-state index in [-0.39, 0.29) is 0 Å². The molecule has 4 rings (SSSR count). The second-order valence-corrected chi connectivity index (χ2v) is 5.97. The third-order valence-electron chi connectivity index (χ3n) is 4.35. The summed E-state index contributed by atoms with van der Waals surface area (Å²) in [7, 11) is 0. The topological polar surface area (TPSA) is 0 Å². The van der Waals surface area contributed by atoms with E-state index in [1.807, 2.05) is 0 Å². The van der Waals surface area contributed by atoms with Gasteiger partial charge < -0.3 is 0 Å². The molecule has 0 amide bonds. The minimum Gasteiger partial charge on any atom is -0.0616 e. The average molecular weight is 294 g/mol. The SMILES string of the molecule is Cc1ccc(-c2cccc(-c3cccc4ccccc34)c2)cc1. The van der Waals surface area contributed by atoms with E-state index in [4.69, 9.17) is 0 Å². The maximum absolute atomic E-state index is 2.28. The van der Waals surface area contributed by atoms with E-state index >= 15 is 0 Å². The number of aryl methyl sites for hydroxylation is 1. The van der Waals surface area contributed by atoms with Crippen molar-refractivity contribution in [2.24, 2.45) is 0 Å². The molecule has 0 heteroatoms. The molecule has 0 unspecified atom stereocenters. The monoisotopic (exact) mass is 294 g/mol. The van der Waals surface area contributed by atoms with E-state index in [1.165, 1.54) is 38.6 Å². The number of benzene rings is 4. The number of rotatable bonds is 2. The van der Waals surface area contributed by atoms with E-state index in [1.54, 1.807) is 0 Å². The Morgan fingerprint density at radius 2 is 1.22 bits per heavy atom. The van der Waals surface area contributed by atoms with Gasteiger partial charge in [0.15, 0.2) is 0 Å². The standard InChI is InChI=1S/C23H18/c1-17-12-14-18(15-13-17)20-8-4-9-21(16-20)23-11-5-7-19-6-2-3-10-22(19)23/h2-16H,1H3. The molecule has 0 spiro atoms. The third-order valence-corrected chi connectivity index (χ3v) is 4.35. The minimum atomic E-state index is 1.26. The maximum Gasteiger partial charge on any atom is -0.0105 e. The summed E-state index contributed by atoms with van der Waals surface area (Å²) in [6.45, 7) is 2.12. The highest BCUT2D eigenvalue weighted by atomic mass is 14.1. The first-order valence-electron chi connectivity index (χ1n) is 7.96. The highest BCUT2D eigenvalue weighted by Gasteiger charge is 2.05. The highest BCUT2D eigenvalue weighted by molar-refractivity contribution is 5.97. The van der Waals surface area contributed by atoms with Crippen LogP contribution in [0, 0.1) is 6.92 Å². The summed E-state index contributed by atoms with van der Waals surface area (Å²) in [5.74, 6) is 0. The van der Waals surface area contributed by atoms with Crippen molar-refractivity contribution < 1.29 is 0 Å². The molecule has 0 heterocycles. The Morgan fingerprint density at radius 1 is 0.522 bits per heavy atom. The van der Waals surface area contributed by atoms with Crippen molar-refractivity contribution in [3.63, 3.8) is 0 Å². The zero-order valence-electron chi connectivity index (χ0n) is 13.2. The number of hydrogen-bond acceptors (Lipinski definition) is 0. The van der Waals surface area contributed by atoms with Crippen LogP contribution in [0.4, 0.5) is 0 Å². The molecule has 0 saturated heterocycles. The number of hydrogen-bond donors (Lipinski definition) is 0. The van der Waals surface area contributed by atoms with Crippen molar-refractivity contribution in [1.82, 2.24) is 0 Å². The van der Waals surface area contributed by atoms with E-state index in [9.17, 15) is 0 Å². The molecule has 0 bridgehead atoms. The molecule has 0 aliphatic heterocycles. The second kappa shape index (κ2) is 5.73. The van der Waals surface area contributed by atoms with E-state index in [0.29, 0.717) is 0 Å². The van der Waals surface area contributed by atoms with Gasteiger partial charge in [0, 0.05) is 0 Å². The van der Waals surface area contributed by atoms with Crippen LogP contribution in [-0.2, 0) is 0 Å². The molecule has 0 aromatic heterocycles. The van der Waals surface area contributed by atoms with Gasteiger partial charge in [0.1, 0.15) is 0 Å². The molecular formula is C23H18. The lowest BCUT2D eigenvalue weighted by atomic mass is 9.95. The first-order chi connectivity index (χ1) is 11.3. The fraction of sp³-hybridized carbons (Fsp3) is 0.0435. The fourth-order valence-corrected chi connectivity index (χ4v) is 3.09. The lowest BCUT2D eigenvalue weighted by molar-refractivity contribution is 1.47. The van der Waals surface area contributed by atoms with Gasteiger partial charge in [0.25, 0.3) is 0 Å². The molecule has 0 nitrogen and oxygen atoms in total. The van der Waals surface area contributed by atoms with Gasteiger partial charge in [-0.2, -0.15) is 0 Å². The molecule has 23 heavy (non-hydrogen) atoms. The van der Waals surface area contributed by atoms with Gasteiger partial charge >= 0.3 is 0 Å². The van der Waals surface area contributed by atoms with Crippen LogP contribution in [0.1, 0.15) is 5.56 Å². The second-order valence-electron chi connectivity index (χ2n) is 5.97. The Hall–Kier alpha value is -2.86. The molecule has 0 radical (unpaired) electrons. The molecule has 0 atom stereocenters. The molecular weight excluding hydrogens is 276 g/mol. The van der Waals surface area contributed by atoms with Crippen molar-refractivity contribution in [3.8, 4) is 22.3 Å². The molecule has 4 aromatic rings. The van der Waals surface area contributed by atoms with Crippen molar-refractivity contribution in [2.75, 3.05) is 0 Å². The summed E-state index contributed by atoms with van der Waals surface area (Å²) >= 11 is 0. The Labute approximate surface area is 137 Å². The van der Waals surface area contributed by atoms with Crippen molar-refractivity contribution in [3.05, 3.63) is 96.6 Å². The summed E-state index contributed by atoms with van der Waals surface area (Å²) in [5, 5.41) is 2.58. The van der Waals surface area contributed by atoms with E-state index in [2.05, 4.69) is 97.9 Å². The summed E-state index contributed by atoms with van der Waals surface area (Å²) in [6.07, 6.45) is 0. The van der Waals surface area contributed by atoms with Crippen molar-refractivity contribution >= 4 is 10.8 Å². The van der Waals surface area contributed by atoms with Crippen molar-refractivity contribution in [1.29, 1.82) is 0 Å².